The van der Waals surface area contributed by atoms with Gasteiger partial charge in [-0.05, 0) is 80.3 Å². The number of hydrogen-bond donors (Lipinski definition) is 1. The van der Waals surface area contributed by atoms with Crippen LogP contribution in [-0.4, -0.2) is 30.7 Å². The third-order valence-corrected chi connectivity index (χ3v) is 8.43. The molecule has 0 radical (unpaired) electrons. The second kappa shape index (κ2) is 7.26. The normalized spacial score (nSPS) is 19.7. The number of benzene rings is 2. The Morgan fingerprint density at radius 1 is 1.00 bits per heavy atom. The van der Waals surface area contributed by atoms with Crippen LogP contribution >= 0.6 is 0 Å². The van der Waals surface area contributed by atoms with E-state index in [9.17, 15) is 13.2 Å². The van der Waals surface area contributed by atoms with Crippen molar-refractivity contribution in [1.82, 2.24) is 9.62 Å². The number of hydrogen-bond acceptors (Lipinski definition) is 3. The third-order valence-electron chi connectivity index (χ3n) is 6.30. The molecule has 2 aliphatic rings. The molecule has 4 rings (SSSR count). The summed E-state index contributed by atoms with van der Waals surface area (Å²) in [6.07, 6.45) is 2.34. The van der Waals surface area contributed by atoms with Gasteiger partial charge in [0.25, 0.3) is 0 Å². The average molecular weight is 413 g/mol. The molecule has 0 bridgehead atoms. The molecule has 0 aromatic heterocycles. The van der Waals surface area contributed by atoms with Crippen molar-refractivity contribution < 1.29 is 13.2 Å². The zero-order valence-electron chi connectivity index (χ0n) is 17.5. The van der Waals surface area contributed by atoms with Gasteiger partial charge < -0.3 is 5.32 Å². The van der Waals surface area contributed by atoms with E-state index in [-0.39, 0.29) is 18.5 Å². The lowest BCUT2D eigenvalue weighted by Gasteiger charge is -2.36. The lowest BCUT2D eigenvalue weighted by molar-refractivity contribution is -0.125. The molecule has 0 unspecified atom stereocenters. The molecule has 0 spiro atoms. The maximum atomic E-state index is 13.9. The summed E-state index contributed by atoms with van der Waals surface area (Å²) in [7, 11) is -3.85. The van der Waals surface area contributed by atoms with Gasteiger partial charge in [-0.15, -0.1) is 0 Å². The average Bonchev–Trinajstić information content (AvgIpc) is 3.49. The summed E-state index contributed by atoms with van der Waals surface area (Å²) < 4.78 is 29.2. The topological polar surface area (TPSA) is 66.5 Å². The van der Waals surface area contributed by atoms with Crippen LogP contribution in [0.4, 0.5) is 0 Å². The molecule has 1 atom stereocenters. The van der Waals surface area contributed by atoms with E-state index in [4.69, 9.17) is 0 Å². The van der Waals surface area contributed by atoms with Gasteiger partial charge in [0.2, 0.25) is 15.9 Å². The standard InChI is InChI=1S/C23H28N2O3S/c1-14-11-15(2)17(4)22(16(14)3)29(27,28)25-13-19-8-6-5-7-18(19)12-21(25)23(26)24-20-9-10-20/h5-8,11,20-21H,9-10,12-13H2,1-4H3,(H,24,26)/t21-/m1/s1. The van der Waals surface area contributed by atoms with E-state index in [0.717, 1.165) is 46.2 Å². The molecule has 2 aromatic rings. The van der Waals surface area contributed by atoms with Crippen molar-refractivity contribution in [3.05, 3.63) is 63.7 Å². The highest BCUT2D eigenvalue weighted by molar-refractivity contribution is 7.89. The smallest absolute Gasteiger partial charge is 0.244 e. The molecule has 1 N–H and O–H groups in total. The summed E-state index contributed by atoms with van der Waals surface area (Å²) in [5.74, 6) is -0.190. The molecule has 29 heavy (non-hydrogen) atoms. The van der Waals surface area contributed by atoms with Crippen LogP contribution in [0, 0.1) is 27.7 Å². The SMILES string of the molecule is Cc1cc(C)c(C)c(S(=O)(=O)N2Cc3ccccc3C[C@@H]2C(=O)NC2CC2)c1C. The number of carbonyl (C=O) groups excluding carboxylic acids is 1. The molecular weight excluding hydrogens is 384 g/mol. The van der Waals surface area contributed by atoms with Crippen molar-refractivity contribution in [2.24, 2.45) is 0 Å². The molecule has 1 saturated carbocycles. The number of carbonyl (C=O) groups is 1. The lowest BCUT2D eigenvalue weighted by atomic mass is 9.95. The number of rotatable bonds is 4. The van der Waals surface area contributed by atoms with Crippen LogP contribution in [0.3, 0.4) is 0 Å². The monoisotopic (exact) mass is 412 g/mol. The van der Waals surface area contributed by atoms with E-state index in [0.29, 0.717) is 11.3 Å². The van der Waals surface area contributed by atoms with Gasteiger partial charge in [-0.1, -0.05) is 30.3 Å². The second-order valence-corrected chi connectivity index (χ2v) is 10.2. The summed E-state index contributed by atoms with van der Waals surface area (Å²) in [5, 5.41) is 3.01. The number of sulfonamides is 1. The van der Waals surface area contributed by atoms with Crippen LogP contribution in [0.25, 0.3) is 0 Å². The number of aryl methyl sites for hydroxylation is 2. The Hall–Kier alpha value is -2.18. The minimum absolute atomic E-state index is 0.189. The molecule has 1 aliphatic carbocycles. The first-order valence-corrected chi connectivity index (χ1v) is 11.6. The molecule has 1 fully saturated rings. The van der Waals surface area contributed by atoms with Gasteiger partial charge in [0.05, 0.1) is 4.90 Å². The summed E-state index contributed by atoms with van der Waals surface area (Å²) in [4.78, 5) is 13.4. The summed E-state index contributed by atoms with van der Waals surface area (Å²) in [5.41, 5.74) is 5.42. The Morgan fingerprint density at radius 3 is 2.17 bits per heavy atom. The minimum Gasteiger partial charge on any atom is -0.352 e. The fourth-order valence-corrected chi connectivity index (χ4v) is 6.33. The zero-order chi connectivity index (χ0) is 20.9. The molecule has 5 nitrogen and oxygen atoms in total. The molecule has 6 heteroatoms. The molecule has 1 amide bonds. The first-order valence-electron chi connectivity index (χ1n) is 10.2. The maximum absolute atomic E-state index is 13.9. The highest BCUT2D eigenvalue weighted by Gasteiger charge is 2.42. The molecule has 154 valence electrons. The predicted molar refractivity (Wildman–Crippen MR) is 113 cm³/mol. The number of amides is 1. The molecule has 0 saturated heterocycles. The minimum atomic E-state index is -3.85. The van der Waals surface area contributed by atoms with E-state index in [1.807, 2.05) is 58.0 Å². The molecule has 1 heterocycles. The van der Waals surface area contributed by atoms with E-state index < -0.39 is 16.1 Å². The Morgan fingerprint density at radius 2 is 1.59 bits per heavy atom. The fraction of sp³-hybridized carbons (Fsp3) is 0.435. The first-order chi connectivity index (χ1) is 13.7. The quantitative estimate of drug-likeness (QED) is 0.838. The Labute approximate surface area is 173 Å². The largest absolute Gasteiger partial charge is 0.352 e. The van der Waals surface area contributed by atoms with Gasteiger partial charge in [-0.25, -0.2) is 8.42 Å². The van der Waals surface area contributed by atoms with Crippen molar-refractivity contribution in [1.29, 1.82) is 0 Å². The van der Waals surface area contributed by atoms with Crippen LogP contribution < -0.4 is 5.32 Å². The van der Waals surface area contributed by atoms with Crippen LogP contribution in [0.2, 0.25) is 0 Å². The first kappa shape index (κ1) is 20.1. The lowest BCUT2D eigenvalue weighted by Crippen LogP contribution is -2.53. The van der Waals surface area contributed by atoms with Crippen molar-refractivity contribution in [3.8, 4) is 0 Å². The maximum Gasteiger partial charge on any atom is 0.244 e. The van der Waals surface area contributed by atoms with Gasteiger partial charge in [0.1, 0.15) is 6.04 Å². The van der Waals surface area contributed by atoms with Gasteiger partial charge in [0.15, 0.2) is 0 Å². The van der Waals surface area contributed by atoms with Gasteiger partial charge >= 0.3 is 0 Å². The number of fused-ring (bicyclic) bond motifs is 1. The second-order valence-electron chi connectivity index (χ2n) is 8.41. The third kappa shape index (κ3) is 3.60. The number of nitrogens with zero attached hydrogens (tertiary/aromatic N) is 1. The predicted octanol–water partition coefficient (Wildman–Crippen LogP) is 3.31. The summed E-state index contributed by atoms with van der Waals surface area (Å²) in [6.45, 7) is 7.79. The van der Waals surface area contributed by atoms with Crippen LogP contribution in [0.5, 0.6) is 0 Å². The van der Waals surface area contributed by atoms with Crippen LogP contribution in [0.15, 0.2) is 35.2 Å². The fourth-order valence-electron chi connectivity index (χ4n) is 4.18. The molecule has 1 aliphatic heterocycles. The van der Waals surface area contributed by atoms with E-state index in [1.54, 1.807) is 0 Å². The summed E-state index contributed by atoms with van der Waals surface area (Å²) in [6, 6.07) is 9.28. The van der Waals surface area contributed by atoms with Crippen molar-refractivity contribution in [3.63, 3.8) is 0 Å². The van der Waals surface area contributed by atoms with Gasteiger partial charge in [-0.2, -0.15) is 4.31 Å². The van der Waals surface area contributed by atoms with E-state index >= 15 is 0 Å². The molecule has 2 aromatic carbocycles. The Kier molecular flexibility index (Phi) is 5.03. The van der Waals surface area contributed by atoms with E-state index in [2.05, 4.69) is 5.32 Å². The van der Waals surface area contributed by atoms with Crippen molar-refractivity contribution in [2.45, 2.75) is 70.5 Å². The Bertz CT molecular complexity index is 1060. The number of nitrogens with one attached hydrogen (secondary N) is 1. The van der Waals surface area contributed by atoms with Crippen molar-refractivity contribution >= 4 is 15.9 Å². The van der Waals surface area contributed by atoms with Gasteiger partial charge in [0, 0.05) is 12.6 Å². The van der Waals surface area contributed by atoms with Crippen molar-refractivity contribution in [2.75, 3.05) is 0 Å². The summed E-state index contributed by atoms with van der Waals surface area (Å²) >= 11 is 0. The van der Waals surface area contributed by atoms with E-state index in [1.165, 1.54) is 4.31 Å². The zero-order valence-corrected chi connectivity index (χ0v) is 18.3. The highest BCUT2D eigenvalue weighted by Crippen LogP contribution is 2.34. The highest BCUT2D eigenvalue weighted by atomic mass is 32.2. The van der Waals surface area contributed by atoms with Crippen LogP contribution in [0.1, 0.15) is 46.2 Å². The molecular formula is C23H28N2O3S. The van der Waals surface area contributed by atoms with Crippen LogP contribution in [-0.2, 0) is 27.8 Å². The van der Waals surface area contributed by atoms with Gasteiger partial charge in [-0.3, -0.25) is 4.79 Å². The Balaban J connectivity index is 1.82.